The maximum Gasteiger partial charge on any atom is 0.251 e. The molecule has 2 aromatic rings. The fraction of sp³-hybridized carbons (Fsp3) is 0.462. The number of halogens is 2. The van der Waals surface area contributed by atoms with Crippen LogP contribution in [0.5, 0.6) is 0 Å². The molecule has 0 amide bonds. The first kappa shape index (κ1) is 16.2. The van der Waals surface area contributed by atoms with Crippen molar-refractivity contribution in [2.45, 2.75) is 37.8 Å². The Morgan fingerprint density at radius 2 is 2.10 bits per heavy atom. The standard InChI is InChI=1S/C13H15BrN4O2.ClH/c14-9-3-4-11(19)18(7-9)8-10-16-12(17-20-10)13(15)5-1-2-6-13;/h3-4,7H,1-2,5-6,8,15H2;1H. The van der Waals surface area contributed by atoms with Gasteiger partial charge in [-0.05, 0) is 34.8 Å². The lowest BCUT2D eigenvalue weighted by molar-refractivity contribution is 0.343. The zero-order valence-electron chi connectivity index (χ0n) is 11.3. The second kappa shape index (κ2) is 6.29. The second-order valence-electron chi connectivity index (χ2n) is 5.19. The first-order chi connectivity index (χ1) is 9.57. The van der Waals surface area contributed by atoms with Gasteiger partial charge in [0.25, 0.3) is 5.56 Å². The van der Waals surface area contributed by atoms with Crippen LogP contribution in [-0.4, -0.2) is 14.7 Å². The smallest absolute Gasteiger partial charge is 0.251 e. The van der Waals surface area contributed by atoms with Crippen LogP contribution in [0.4, 0.5) is 0 Å². The highest BCUT2D eigenvalue weighted by atomic mass is 79.9. The van der Waals surface area contributed by atoms with E-state index in [9.17, 15) is 4.79 Å². The summed E-state index contributed by atoms with van der Waals surface area (Å²) in [6.07, 6.45) is 5.63. The SMILES string of the molecule is Cl.NC1(c2noc(Cn3cc(Br)ccc3=O)n2)CCCC1. The lowest BCUT2D eigenvalue weighted by Gasteiger charge is -2.17. The Bertz CT molecular complexity index is 679. The molecule has 0 spiro atoms. The van der Waals surface area contributed by atoms with E-state index in [0.29, 0.717) is 11.7 Å². The van der Waals surface area contributed by atoms with Gasteiger partial charge in [-0.2, -0.15) is 4.98 Å². The quantitative estimate of drug-likeness (QED) is 0.888. The second-order valence-corrected chi connectivity index (χ2v) is 6.10. The van der Waals surface area contributed by atoms with E-state index in [2.05, 4.69) is 26.1 Å². The lowest BCUT2D eigenvalue weighted by atomic mass is 9.99. The van der Waals surface area contributed by atoms with Crippen LogP contribution >= 0.6 is 28.3 Å². The summed E-state index contributed by atoms with van der Waals surface area (Å²) in [4.78, 5) is 16.1. The van der Waals surface area contributed by atoms with Gasteiger partial charge in [-0.1, -0.05) is 18.0 Å². The molecule has 0 aromatic carbocycles. The highest BCUT2D eigenvalue weighted by Crippen LogP contribution is 2.34. The van der Waals surface area contributed by atoms with Crippen LogP contribution in [0.2, 0.25) is 0 Å². The summed E-state index contributed by atoms with van der Waals surface area (Å²) in [6, 6.07) is 3.19. The Hall–Kier alpha value is -1.18. The van der Waals surface area contributed by atoms with E-state index >= 15 is 0 Å². The molecule has 6 nitrogen and oxygen atoms in total. The van der Waals surface area contributed by atoms with Crippen LogP contribution in [0.1, 0.15) is 37.4 Å². The minimum atomic E-state index is -0.468. The van der Waals surface area contributed by atoms with Crippen molar-refractivity contribution < 1.29 is 4.52 Å². The van der Waals surface area contributed by atoms with Crippen molar-refractivity contribution in [2.24, 2.45) is 5.73 Å². The summed E-state index contributed by atoms with van der Waals surface area (Å²) < 4.78 is 7.56. The molecule has 2 N–H and O–H groups in total. The molecule has 2 aromatic heterocycles. The van der Waals surface area contributed by atoms with Crippen LogP contribution in [-0.2, 0) is 12.1 Å². The molecule has 1 saturated carbocycles. The minimum Gasteiger partial charge on any atom is -0.337 e. The average Bonchev–Trinajstić information content (AvgIpc) is 3.04. The Morgan fingerprint density at radius 3 is 2.81 bits per heavy atom. The molecule has 1 fully saturated rings. The van der Waals surface area contributed by atoms with E-state index in [-0.39, 0.29) is 24.5 Å². The lowest BCUT2D eigenvalue weighted by Crippen LogP contribution is -2.34. The Kier molecular flexibility index (Phi) is 4.85. The summed E-state index contributed by atoms with van der Waals surface area (Å²) in [7, 11) is 0. The van der Waals surface area contributed by atoms with Gasteiger partial charge in [-0.25, -0.2) is 0 Å². The molecule has 2 heterocycles. The van der Waals surface area contributed by atoms with E-state index in [0.717, 1.165) is 30.2 Å². The zero-order chi connectivity index (χ0) is 14.2. The third-order valence-electron chi connectivity index (χ3n) is 3.66. The molecule has 8 heteroatoms. The molecule has 1 aliphatic rings. The Morgan fingerprint density at radius 1 is 1.38 bits per heavy atom. The van der Waals surface area contributed by atoms with Crippen LogP contribution in [0.25, 0.3) is 0 Å². The highest BCUT2D eigenvalue weighted by molar-refractivity contribution is 9.10. The van der Waals surface area contributed by atoms with Crippen molar-refractivity contribution in [2.75, 3.05) is 0 Å². The first-order valence-corrected chi connectivity index (χ1v) is 7.34. The van der Waals surface area contributed by atoms with Gasteiger partial charge in [-0.15, -0.1) is 12.4 Å². The van der Waals surface area contributed by atoms with Crippen molar-refractivity contribution in [3.63, 3.8) is 0 Å². The van der Waals surface area contributed by atoms with Gasteiger partial charge >= 0.3 is 0 Å². The maximum atomic E-state index is 11.7. The predicted molar refractivity (Wildman–Crippen MR) is 83.4 cm³/mol. The maximum absolute atomic E-state index is 11.7. The Labute approximate surface area is 136 Å². The topological polar surface area (TPSA) is 86.9 Å². The van der Waals surface area contributed by atoms with E-state index in [1.54, 1.807) is 12.3 Å². The zero-order valence-corrected chi connectivity index (χ0v) is 13.7. The molecular formula is C13H16BrClN4O2. The van der Waals surface area contributed by atoms with Crippen LogP contribution < -0.4 is 11.3 Å². The van der Waals surface area contributed by atoms with Crippen LogP contribution in [0, 0.1) is 0 Å². The van der Waals surface area contributed by atoms with Gasteiger partial charge in [-0.3, -0.25) is 4.79 Å². The van der Waals surface area contributed by atoms with E-state index in [1.807, 2.05) is 0 Å². The molecule has 21 heavy (non-hydrogen) atoms. The van der Waals surface area contributed by atoms with Crippen molar-refractivity contribution in [1.29, 1.82) is 0 Å². The van der Waals surface area contributed by atoms with E-state index in [4.69, 9.17) is 10.3 Å². The van der Waals surface area contributed by atoms with Crippen molar-refractivity contribution in [1.82, 2.24) is 14.7 Å². The minimum absolute atomic E-state index is 0. The monoisotopic (exact) mass is 374 g/mol. The molecular weight excluding hydrogens is 360 g/mol. The molecule has 0 saturated heterocycles. The summed E-state index contributed by atoms with van der Waals surface area (Å²) >= 11 is 3.33. The van der Waals surface area contributed by atoms with Gasteiger partial charge in [0.2, 0.25) is 5.89 Å². The predicted octanol–water partition coefficient (Wildman–Crippen LogP) is 2.19. The molecule has 114 valence electrons. The first-order valence-electron chi connectivity index (χ1n) is 6.55. The number of pyridine rings is 1. The molecule has 0 aliphatic heterocycles. The number of rotatable bonds is 3. The fourth-order valence-corrected chi connectivity index (χ4v) is 2.90. The summed E-state index contributed by atoms with van der Waals surface area (Å²) in [5.41, 5.74) is 5.70. The molecule has 1 aliphatic carbocycles. The number of hydrogen-bond donors (Lipinski definition) is 1. The van der Waals surface area contributed by atoms with Gasteiger partial charge in [0.05, 0.1) is 5.54 Å². The van der Waals surface area contributed by atoms with Crippen molar-refractivity contribution >= 4 is 28.3 Å². The molecule has 0 atom stereocenters. The van der Waals surface area contributed by atoms with Crippen LogP contribution in [0.3, 0.4) is 0 Å². The average molecular weight is 376 g/mol. The molecule has 0 unspecified atom stereocenters. The normalized spacial score (nSPS) is 16.7. The van der Waals surface area contributed by atoms with E-state index < -0.39 is 5.54 Å². The Balaban J connectivity index is 0.00000161. The summed E-state index contributed by atoms with van der Waals surface area (Å²) in [5, 5.41) is 3.98. The van der Waals surface area contributed by atoms with Crippen molar-refractivity contribution in [3.8, 4) is 0 Å². The van der Waals surface area contributed by atoms with Crippen molar-refractivity contribution in [3.05, 3.63) is 44.9 Å². The number of nitrogens with zero attached hydrogens (tertiary/aromatic N) is 3. The van der Waals surface area contributed by atoms with Gasteiger partial charge < -0.3 is 14.8 Å². The largest absolute Gasteiger partial charge is 0.337 e. The third-order valence-corrected chi connectivity index (χ3v) is 4.13. The van der Waals surface area contributed by atoms with Gasteiger partial charge in [0.1, 0.15) is 6.54 Å². The van der Waals surface area contributed by atoms with E-state index in [1.165, 1.54) is 10.6 Å². The molecule has 3 rings (SSSR count). The summed E-state index contributed by atoms with van der Waals surface area (Å²) in [6.45, 7) is 0.251. The molecule has 0 radical (unpaired) electrons. The third kappa shape index (κ3) is 3.36. The number of aromatic nitrogens is 3. The fourth-order valence-electron chi connectivity index (χ4n) is 2.52. The highest BCUT2D eigenvalue weighted by Gasteiger charge is 2.35. The summed E-state index contributed by atoms with van der Waals surface area (Å²) in [5.74, 6) is 0.949. The van der Waals surface area contributed by atoms with Crippen LogP contribution in [0.15, 0.2) is 32.1 Å². The van der Waals surface area contributed by atoms with Gasteiger partial charge in [0, 0.05) is 16.7 Å². The molecule has 0 bridgehead atoms. The number of hydrogen-bond acceptors (Lipinski definition) is 5. The van der Waals surface area contributed by atoms with Gasteiger partial charge in [0.15, 0.2) is 5.82 Å². The number of nitrogens with two attached hydrogens (primary N) is 1.